The summed E-state index contributed by atoms with van der Waals surface area (Å²) in [6.07, 6.45) is 5.00. The maximum Gasteiger partial charge on any atom is 0.129 e. The van der Waals surface area contributed by atoms with Crippen LogP contribution in [-0.2, 0) is 13.0 Å². The first kappa shape index (κ1) is 15.3. The third-order valence-electron chi connectivity index (χ3n) is 4.15. The molecule has 0 spiro atoms. The third kappa shape index (κ3) is 3.95. The molecule has 0 unspecified atom stereocenters. The minimum Gasteiger partial charge on any atom is -0.357 e. The number of rotatable bonds is 7. The number of aryl methyl sites for hydroxylation is 1. The smallest absolute Gasteiger partial charge is 0.129 e. The van der Waals surface area contributed by atoms with Gasteiger partial charge in [-0.1, -0.05) is 20.8 Å². The Bertz CT molecular complexity index is 424. The summed E-state index contributed by atoms with van der Waals surface area (Å²) in [5.74, 6) is 1.84. The van der Waals surface area contributed by atoms with Gasteiger partial charge in [-0.2, -0.15) is 0 Å². The molecule has 2 rings (SSSR count). The Morgan fingerprint density at radius 3 is 2.65 bits per heavy atom. The summed E-state index contributed by atoms with van der Waals surface area (Å²) in [4.78, 5) is 7.17. The van der Waals surface area contributed by atoms with Gasteiger partial charge < -0.3 is 10.2 Å². The highest BCUT2D eigenvalue weighted by Crippen LogP contribution is 2.27. The summed E-state index contributed by atoms with van der Waals surface area (Å²) < 4.78 is 0. The molecule has 1 heterocycles. The van der Waals surface area contributed by atoms with Gasteiger partial charge in [0.05, 0.1) is 0 Å². The van der Waals surface area contributed by atoms with E-state index < -0.39 is 0 Å². The lowest BCUT2D eigenvalue weighted by atomic mass is 9.92. The minimum absolute atomic E-state index is 0.694. The predicted molar refractivity (Wildman–Crippen MR) is 86.2 cm³/mol. The topological polar surface area (TPSA) is 28.2 Å². The van der Waals surface area contributed by atoms with Crippen molar-refractivity contribution in [2.45, 2.75) is 59.0 Å². The quantitative estimate of drug-likeness (QED) is 0.827. The van der Waals surface area contributed by atoms with E-state index in [4.69, 9.17) is 4.98 Å². The van der Waals surface area contributed by atoms with E-state index in [1.165, 1.54) is 30.5 Å². The van der Waals surface area contributed by atoms with Crippen molar-refractivity contribution in [3.05, 3.63) is 23.4 Å². The summed E-state index contributed by atoms with van der Waals surface area (Å²) in [5.41, 5.74) is 2.56. The van der Waals surface area contributed by atoms with E-state index >= 15 is 0 Å². The molecule has 0 radical (unpaired) electrons. The van der Waals surface area contributed by atoms with Crippen LogP contribution >= 0.6 is 0 Å². The lowest BCUT2D eigenvalue weighted by molar-refractivity contribution is 0.399. The Morgan fingerprint density at radius 2 is 2.10 bits per heavy atom. The van der Waals surface area contributed by atoms with Gasteiger partial charge in [-0.15, -0.1) is 0 Å². The monoisotopic (exact) mass is 275 g/mol. The summed E-state index contributed by atoms with van der Waals surface area (Å²) in [6.45, 7) is 8.68. The second kappa shape index (κ2) is 7.07. The van der Waals surface area contributed by atoms with Gasteiger partial charge in [-0.25, -0.2) is 4.98 Å². The molecule has 3 nitrogen and oxygen atoms in total. The van der Waals surface area contributed by atoms with Crippen LogP contribution in [0.5, 0.6) is 0 Å². The molecular formula is C17H29N3. The molecular weight excluding hydrogens is 246 g/mol. The molecule has 3 heteroatoms. The molecule has 112 valence electrons. The van der Waals surface area contributed by atoms with Crippen LogP contribution in [-0.4, -0.2) is 24.6 Å². The number of hydrogen-bond donors (Lipinski definition) is 1. The highest BCUT2D eigenvalue weighted by Gasteiger charge is 2.23. The van der Waals surface area contributed by atoms with Crippen LogP contribution in [0.3, 0.4) is 0 Å². The van der Waals surface area contributed by atoms with Gasteiger partial charge in [0, 0.05) is 25.3 Å². The Balaban J connectivity index is 2.06. The van der Waals surface area contributed by atoms with Crippen molar-refractivity contribution >= 4 is 5.82 Å². The second-order valence-corrected chi connectivity index (χ2v) is 6.40. The van der Waals surface area contributed by atoms with E-state index in [0.29, 0.717) is 12.0 Å². The molecule has 1 aliphatic rings. The molecule has 0 bridgehead atoms. The van der Waals surface area contributed by atoms with Gasteiger partial charge in [0.25, 0.3) is 0 Å². The number of hydrogen-bond acceptors (Lipinski definition) is 3. The SMILES string of the molecule is CCc1cc(CNCC(C)C)cc(N(C)C2CCC2)n1. The highest BCUT2D eigenvalue weighted by atomic mass is 15.2. The fourth-order valence-electron chi connectivity index (χ4n) is 2.56. The van der Waals surface area contributed by atoms with Gasteiger partial charge >= 0.3 is 0 Å². The van der Waals surface area contributed by atoms with Crippen LogP contribution in [0, 0.1) is 5.92 Å². The standard InChI is InChI=1S/C17H29N3/c1-5-15-9-14(12-18-11-13(2)3)10-17(19-15)20(4)16-7-6-8-16/h9-10,13,16,18H,5-8,11-12H2,1-4H3. The van der Waals surface area contributed by atoms with Crippen molar-refractivity contribution < 1.29 is 0 Å². The second-order valence-electron chi connectivity index (χ2n) is 6.40. The van der Waals surface area contributed by atoms with Crippen LogP contribution in [0.1, 0.15) is 51.3 Å². The number of anilines is 1. The van der Waals surface area contributed by atoms with Crippen LogP contribution in [0.25, 0.3) is 0 Å². The average molecular weight is 275 g/mol. The Morgan fingerprint density at radius 1 is 1.35 bits per heavy atom. The molecule has 20 heavy (non-hydrogen) atoms. The normalized spacial score (nSPS) is 15.4. The molecule has 1 aromatic heterocycles. The van der Waals surface area contributed by atoms with Crippen molar-refractivity contribution in [3.8, 4) is 0 Å². The summed E-state index contributed by atoms with van der Waals surface area (Å²) in [5, 5.41) is 3.53. The number of nitrogens with zero attached hydrogens (tertiary/aromatic N) is 2. The van der Waals surface area contributed by atoms with Crippen molar-refractivity contribution in [1.82, 2.24) is 10.3 Å². The highest BCUT2D eigenvalue weighted by molar-refractivity contribution is 5.43. The van der Waals surface area contributed by atoms with E-state index in [0.717, 1.165) is 25.3 Å². The van der Waals surface area contributed by atoms with Crippen molar-refractivity contribution in [1.29, 1.82) is 0 Å². The lowest BCUT2D eigenvalue weighted by Gasteiger charge is -2.36. The van der Waals surface area contributed by atoms with Crippen LogP contribution in [0.2, 0.25) is 0 Å². The summed E-state index contributed by atoms with van der Waals surface area (Å²) in [7, 11) is 2.19. The average Bonchev–Trinajstić information content (AvgIpc) is 2.35. The minimum atomic E-state index is 0.694. The van der Waals surface area contributed by atoms with Crippen molar-refractivity contribution in [2.75, 3.05) is 18.5 Å². The maximum atomic E-state index is 4.80. The lowest BCUT2D eigenvalue weighted by Crippen LogP contribution is -2.37. The molecule has 1 aliphatic carbocycles. The van der Waals surface area contributed by atoms with Gasteiger partial charge in [-0.3, -0.25) is 0 Å². The predicted octanol–water partition coefficient (Wildman–Crippen LogP) is 3.38. The molecule has 0 saturated heterocycles. The van der Waals surface area contributed by atoms with Gasteiger partial charge in [0.1, 0.15) is 5.82 Å². The van der Waals surface area contributed by atoms with Crippen LogP contribution in [0.15, 0.2) is 12.1 Å². The largest absolute Gasteiger partial charge is 0.357 e. The summed E-state index contributed by atoms with van der Waals surface area (Å²) >= 11 is 0. The molecule has 0 aliphatic heterocycles. The Hall–Kier alpha value is -1.09. The third-order valence-corrected chi connectivity index (χ3v) is 4.15. The van der Waals surface area contributed by atoms with Crippen LogP contribution in [0.4, 0.5) is 5.82 Å². The van der Waals surface area contributed by atoms with Crippen molar-refractivity contribution in [3.63, 3.8) is 0 Å². The first-order valence-corrected chi connectivity index (χ1v) is 8.03. The molecule has 1 aromatic rings. The van der Waals surface area contributed by atoms with Crippen molar-refractivity contribution in [2.24, 2.45) is 5.92 Å². The fraction of sp³-hybridized carbons (Fsp3) is 0.706. The molecule has 0 amide bonds. The zero-order chi connectivity index (χ0) is 14.5. The van der Waals surface area contributed by atoms with Crippen LogP contribution < -0.4 is 10.2 Å². The number of pyridine rings is 1. The zero-order valence-corrected chi connectivity index (χ0v) is 13.4. The molecule has 1 saturated carbocycles. The Labute approximate surface area is 123 Å². The van der Waals surface area contributed by atoms with E-state index in [1.807, 2.05) is 0 Å². The van der Waals surface area contributed by atoms with Gasteiger partial charge in [0.2, 0.25) is 0 Å². The van der Waals surface area contributed by atoms with E-state index in [2.05, 4.69) is 50.2 Å². The zero-order valence-electron chi connectivity index (χ0n) is 13.4. The maximum absolute atomic E-state index is 4.80. The number of aromatic nitrogens is 1. The molecule has 0 atom stereocenters. The Kier molecular flexibility index (Phi) is 5.41. The van der Waals surface area contributed by atoms with Gasteiger partial charge in [0.15, 0.2) is 0 Å². The molecule has 0 aromatic carbocycles. The van der Waals surface area contributed by atoms with E-state index in [-0.39, 0.29) is 0 Å². The first-order chi connectivity index (χ1) is 9.60. The van der Waals surface area contributed by atoms with E-state index in [9.17, 15) is 0 Å². The molecule has 1 N–H and O–H groups in total. The summed E-state index contributed by atoms with van der Waals surface area (Å²) in [6, 6.07) is 5.20. The number of nitrogens with one attached hydrogen (secondary N) is 1. The van der Waals surface area contributed by atoms with Gasteiger partial charge in [-0.05, 0) is 55.8 Å². The first-order valence-electron chi connectivity index (χ1n) is 8.03. The fourth-order valence-corrected chi connectivity index (χ4v) is 2.56. The van der Waals surface area contributed by atoms with E-state index in [1.54, 1.807) is 0 Å². The molecule has 1 fully saturated rings.